The van der Waals surface area contributed by atoms with Crippen LogP contribution in [0.1, 0.15) is 18.4 Å². The van der Waals surface area contributed by atoms with Crippen LogP contribution in [0.3, 0.4) is 0 Å². The lowest BCUT2D eigenvalue weighted by Gasteiger charge is -2.36. The van der Waals surface area contributed by atoms with Crippen molar-refractivity contribution in [3.8, 4) is 0 Å². The molecule has 1 aliphatic carbocycles. The molecule has 1 saturated carbocycles. The summed E-state index contributed by atoms with van der Waals surface area (Å²) in [5.74, 6) is 0. The van der Waals surface area contributed by atoms with E-state index in [1.165, 1.54) is 12.8 Å². The van der Waals surface area contributed by atoms with Gasteiger partial charge in [0.15, 0.2) is 0 Å². The Kier molecular flexibility index (Phi) is 3.82. The quantitative estimate of drug-likeness (QED) is 0.776. The molecule has 1 atom stereocenters. The van der Waals surface area contributed by atoms with E-state index in [1.807, 2.05) is 25.2 Å². The van der Waals surface area contributed by atoms with E-state index in [1.54, 1.807) is 0 Å². The molecule has 1 fully saturated rings. The molecule has 3 nitrogen and oxygen atoms in total. The molecular formula is C14H22N2O. The molecule has 0 bridgehead atoms. The zero-order valence-electron chi connectivity index (χ0n) is 10.7. The Bertz CT molecular complexity index is 344. The van der Waals surface area contributed by atoms with Gasteiger partial charge in [0.05, 0.1) is 12.1 Å². The van der Waals surface area contributed by atoms with E-state index >= 15 is 0 Å². The largest absolute Gasteiger partial charge is 0.394 e. The van der Waals surface area contributed by atoms with Gasteiger partial charge in [-0.05, 0) is 32.5 Å². The highest BCUT2D eigenvalue weighted by Gasteiger charge is 2.35. The van der Waals surface area contributed by atoms with Crippen LogP contribution in [0.2, 0.25) is 0 Å². The molecule has 0 amide bonds. The Morgan fingerprint density at radius 2 is 2.00 bits per heavy atom. The lowest BCUT2D eigenvalue weighted by molar-refractivity contribution is 0.122. The molecule has 1 unspecified atom stereocenters. The van der Waals surface area contributed by atoms with Crippen LogP contribution < -0.4 is 5.32 Å². The normalized spacial score (nSPS) is 19.3. The van der Waals surface area contributed by atoms with E-state index in [0.29, 0.717) is 6.04 Å². The average Bonchev–Trinajstić information content (AvgIpc) is 3.21. The summed E-state index contributed by atoms with van der Waals surface area (Å²) in [7, 11) is 4.06. The number of rotatable bonds is 6. The first kappa shape index (κ1) is 12.6. The van der Waals surface area contributed by atoms with Gasteiger partial charge in [-0.25, -0.2) is 0 Å². The molecule has 2 rings (SSSR count). The first-order chi connectivity index (χ1) is 8.22. The summed E-state index contributed by atoms with van der Waals surface area (Å²) in [6.45, 7) is 0.958. The second-order valence-electron chi connectivity index (χ2n) is 5.00. The zero-order chi connectivity index (χ0) is 12.3. The van der Waals surface area contributed by atoms with Gasteiger partial charge in [-0.3, -0.25) is 0 Å². The molecule has 94 valence electrons. The number of aliphatic hydroxyl groups excluding tert-OH is 1. The summed E-state index contributed by atoms with van der Waals surface area (Å²) in [5.41, 5.74) is 0.802. The van der Waals surface area contributed by atoms with Gasteiger partial charge in [0.2, 0.25) is 0 Å². The van der Waals surface area contributed by atoms with Crippen LogP contribution in [0.25, 0.3) is 0 Å². The zero-order valence-corrected chi connectivity index (χ0v) is 10.7. The second-order valence-corrected chi connectivity index (χ2v) is 5.00. The maximum atomic E-state index is 9.79. The first-order valence-electron chi connectivity index (χ1n) is 6.27. The van der Waals surface area contributed by atoms with Crippen molar-refractivity contribution < 1.29 is 5.11 Å². The third-order valence-corrected chi connectivity index (χ3v) is 3.76. The van der Waals surface area contributed by atoms with Crippen molar-refractivity contribution in [3.05, 3.63) is 35.9 Å². The first-order valence-corrected chi connectivity index (χ1v) is 6.27. The van der Waals surface area contributed by atoms with Crippen molar-refractivity contribution in [1.29, 1.82) is 0 Å². The molecule has 0 spiro atoms. The number of benzene rings is 1. The summed E-state index contributed by atoms with van der Waals surface area (Å²) >= 11 is 0. The fourth-order valence-corrected chi connectivity index (χ4v) is 2.36. The smallest absolute Gasteiger partial charge is 0.0795 e. The summed E-state index contributed by atoms with van der Waals surface area (Å²) in [6.07, 6.45) is 2.58. The van der Waals surface area contributed by atoms with Gasteiger partial charge in [0.1, 0.15) is 0 Å². The molecule has 0 heterocycles. The van der Waals surface area contributed by atoms with Gasteiger partial charge in [-0.15, -0.1) is 0 Å². The maximum Gasteiger partial charge on any atom is 0.0795 e. The van der Waals surface area contributed by atoms with Crippen LogP contribution in [0, 0.1) is 0 Å². The van der Waals surface area contributed by atoms with Gasteiger partial charge in [-0.1, -0.05) is 30.3 Å². The van der Waals surface area contributed by atoms with Crippen molar-refractivity contribution in [1.82, 2.24) is 10.2 Å². The molecule has 1 aromatic carbocycles. The predicted octanol–water partition coefficient (Wildman–Crippen LogP) is 1.19. The average molecular weight is 234 g/mol. The second kappa shape index (κ2) is 5.17. The highest BCUT2D eigenvalue weighted by atomic mass is 16.3. The van der Waals surface area contributed by atoms with Crippen LogP contribution >= 0.6 is 0 Å². The monoisotopic (exact) mass is 234 g/mol. The number of hydrogen-bond donors (Lipinski definition) is 2. The van der Waals surface area contributed by atoms with Crippen LogP contribution in [-0.4, -0.2) is 43.3 Å². The molecule has 3 heteroatoms. The Balaban J connectivity index is 2.18. The molecule has 0 saturated heterocycles. The fraction of sp³-hybridized carbons (Fsp3) is 0.571. The SMILES string of the molecule is CNC(CO)(CN(C)C1CC1)c1ccccc1. The third kappa shape index (κ3) is 2.68. The molecule has 1 aliphatic rings. The maximum absolute atomic E-state index is 9.79. The lowest BCUT2D eigenvalue weighted by atomic mass is 9.90. The summed E-state index contributed by atoms with van der Waals surface area (Å²) in [5, 5.41) is 13.1. The highest BCUT2D eigenvalue weighted by Crippen LogP contribution is 2.29. The van der Waals surface area contributed by atoms with E-state index in [9.17, 15) is 5.11 Å². The van der Waals surface area contributed by atoms with Crippen molar-refractivity contribution >= 4 is 0 Å². The van der Waals surface area contributed by atoms with Gasteiger partial charge < -0.3 is 15.3 Å². The topological polar surface area (TPSA) is 35.5 Å². The standard InChI is InChI=1S/C14H22N2O/c1-15-14(11-17,10-16(2)13-8-9-13)12-6-4-3-5-7-12/h3-7,13,15,17H,8-11H2,1-2H3. The van der Waals surface area contributed by atoms with E-state index in [2.05, 4.69) is 29.4 Å². The van der Waals surface area contributed by atoms with Crippen molar-refractivity contribution in [2.75, 3.05) is 27.2 Å². The number of aliphatic hydroxyl groups is 1. The van der Waals surface area contributed by atoms with E-state index < -0.39 is 0 Å². The third-order valence-electron chi connectivity index (χ3n) is 3.76. The Hall–Kier alpha value is -0.900. The molecule has 0 radical (unpaired) electrons. The van der Waals surface area contributed by atoms with Crippen molar-refractivity contribution in [2.24, 2.45) is 0 Å². The highest BCUT2D eigenvalue weighted by molar-refractivity contribution is 5.25. The van der Waals surface area contributed by atoms with Gasteiger partial charge >= 0.3 is 0 Å². The van der Waals surface area contributed by atoms with Crippen LogP contribution in [0.15, 0.2) is 30.3 Å². The molecule has 0 aromatic heterocycles. The van der Waals surface area contributed by atoms with Crippen LogP contribution in [-0.2, 0) is 5.54 Å². The van der Waals surface area contributed by atoms with Gasteiger partial charge in [-0.2, -0.15) is 0 Å². The molecular weight excluding hydrogens is 212 g/mol. The van der Waals surface area contributed by atoms with E-state index in [0.717, 1.165) is 12.1 Å². The van der Waals surface area contributed by atoms with E-state index in [-0.39, 0.29) is 12.1 Å². The lowest BCUT2D eigenvalue weighted by Crippen LogP contribution is -2.51. The van der Waals surface area contributed by atoms with Gasteiger partial charge in [0, 0.05) is 12.6 Å². The number of likely N-dealkylation sites (N-methyl/N-ethyl adjacent to an activating group) is 2. The number of nitrogens with one attached hydrogen (secondary N) is 1. The molecule has 17 heavy (non-hydrogen) atoms. The van der Waals surface area contributed by atoms with Crippen molar-refractivity contribution in [2.45, 2.75) is 24.4 Å². The minimum atomic E-state index is -0.349. The Morgan fingerprint density at radius 1 is 1.35 bits per heavy atom. The molecule has 1 aromatic rings. The summed E-state index contributed by atoms with van der Waals surface area (Å²) in [6, 6.07) is 10.9. The summed E-state index contributed by atoms with van der Waals surface area (Å²) < 4.78 is 0. The van der Waals surface area contributed by atoms with E-state index in [4.69, 9.17) is 0 Å². The fourth-order valence-electron chi connectivity index (χ4n) is 2.36. The van der Waals surface area contributed by atoms with Gasteiger partial charge in [0.25, 0.3) is 0 Å². The summed E-state index contributed by atoms with van der Waals surface area (Å²) in [4.78, 5) is 2.35. The molecule has 2 N–H and O–H groups in total. The Labute approximate surface area is 103 Å². The minimum Gasteiger partial charge on any atom is -0.394 e. The van der Waals surface area contributed by atoms with Crippen molar-refractivity contribution in [3.63, 3.8) is 0 Å². The minimum absolute atomic E-state index is 0.116. The number of nitrogens with zero attached hydrogens (tertiary/aromatic N) is 1. The van der Waals surface area contributed by atoms with Crippen LogP contribution in [0.5, 0.6) is 0 Å². The Morgan fingerprint density at radius 3 is 2.47 bits per heavy atom. The predicted molar refractivity (Wildman–Crippen MR) is 69.9 cm³/mol. The molecule has 0 aliphatic heterocycles. The number of hydrogen-bond acceptors (Lipinski definition) is 3. The van der Waals surface area contributed by atoms with Crippen LogP contribution in [0.4, 0.5) is 0 Å².